The molecule has 2 atom stereocenters. The monoisotopic (exact) mass is 358 g/mol. The van der Waals surface area contributed by atoms with Crippen LogP contribution in [-0.4, -0.2) is 49.8 Å². The van der Waals surface area contributed by atoms with Gasteiger partial charge < -0.3 is 10.4 Å². The molecule has 3 heterocycles. The number of aromatic amines is 1. The minimum Gasteiger partial charge on any atom is -0.481 e. The summed E-state index contributed by atoms with van der Waals surface area (Å²) in [6, 6.07) is 4.14. The molecule has 0 spiro atoms. The largest absolute Gasteiger partial charge is 0.481 e. The third-order valence-electron chi connectivity index (χ3n) is 5.18. The lowest BCUT2D eigenvalue weighted by Crippen LogP contribution is -2.27. The second-order valence-electron chi connectivity index (χ2n) is 6.95. The van der Waals surface area contributed by atoms with Crippen molar-refractivity contribution in [1.82, 2.24) is 30.9 Å². The Morgan fingerprint density at radius 1 is 1.35 bits per heavy atom. The van der Waals surface area contributed by atoms with Crippen LogP contribution >= 0.6 is 0 Å². The summed E-state index contributed by atoms with van der Waals surface area (Å²) in [7, 11) is 0. The molecule has 0 aromatic carbocycles. The Labute approximate surface area is 152 Å². The van der Waals surface area contributed by atoms with Crippen LogP contribution in [0.25, 0.3) is 0 Å². The maximum absolute atomic E-state index is 11.8. The minimum atomic E-state index is -0.812. The summed E-state index contributed by atoms with van der Waals surface area (Å²) < 4.78 is 0. The van der Waals surface area contributed by atoms with Crippen molar-refractivity contribution in [3.05, 3.63) is 35.4 Å². The molecule has 2 aromatic heterocycles. The van der Waals surface area contributed by atoms with E-state index in [9.17, 15) is 9.90 Å². The van der Waals surface area contributed by atoms with Gasteiger partial charge >= 0.3 is 5.97 Å². The number of carboxylic acids is 1. The average molecular weight is 358 g/mol. The van der Waals surface area contributed by atoms with E-state index in [2.05, 4.69) is 43.1 Å². The molecule has 0 saturated carbocycles. The molecule has 2 aromatic rings. The van der Waals surface area contributed by atoms with E-state index in [0.29, 0.717) is 24.6 Å². The first-order chi connectivity index (χ1) is 12.7. The molecule has 0 radical (unpaired) electrons. The molecule has 1 fully saturated rings. The smallest absolute Gasteiger partial charge is 0.307 e. The van der Waals surface area contributed by atoms with Gasteiger partial charge in [0.15, 0.2) is 5.82 Å². The number of carbonyl (C=O) groups is 1. The summed E-state index contributed by atoms with van der Waals surface area (Å²) in [4.78, 5) is 16.4. The molecular formula is C18H26N6O2. The highest BCUT2D eigenvalue weighted by molar-refractivity contribution is 5.71. The molecule has 1 aliphatic rings. The molecule has 0 amide bonds. The van der Waals surface area contributed by atoms with Gasteiger partial charge in [-0.2, -0.15) is 0 Å². The number of carboxylic acid groups (broad SMARTS) is 1. The summed E-state index contributed by atoms with van der Waals surface area (Å²) in [5.74, 6) is -0.611. The van der Waals surface area contributed by atoms with Gasteiger partial charge in [0.05, 0.1) is 5.92 Å². The highest BCUT2D eigenvalue weighted by Gasteiger charge is 2.31. The highest BCUT2D eigenvalue weighted by Crippen LogP contribution is 2.30. The molecule has 1 aliphatic heterocycles. The number of nitrogens with one attached hydrogen (secondary N) is 2. The van der Waals surface area contributed by atoms with Gasteiger partial charge in [0, 0.05) is 23.7 Å². The number of rotatable bonds is 8. The van der Waals surface area contributed by atoms with Gasteiger partial charge in [-0.1, -0.05) is 19.4 Å². The highest BCUT2D eigenvalue weighted by atomic mass is 16.4. The summed E-state index contributed by atoms with van der Waals surface area (Å²) in [5, 5.41) is 27.0. The maximum Gasteiger partial charge on any atom is 0.307 e. The van der Waals surface area contributed by atoms with E-state index < -0.39 is 11.9 Å². The van der Waals surface area contributed by atoms with E-state index in [1.54, 1.807) is 0 Å². The molecule has 26 heavy (non-hydrogen) atoms. The van der Waals surface area contributed by atoms with Crippen LogP contribution in [0.1, 0.15) is 61.5 Å². The zero-order valence-electron chi connectivity index (χ0n) is 15.1. The van der Waals surface area contributed by atoms with Crippen molar-refractivity contribution in [3.8, 4) is 0 Å². The van der Waals surface area contributed by atoms with Crippen molar-refractivity contribution in [2.24, 2.45) is 5.92 Å². The number of nitrogens with zero attached hydrogens (tertiary/aromatic N) is 4. The quantitative estimate of drug-likeness (QED) is 0.659. The molecular weight excluding hydrogens is 332 g/mol. The number of aliphatic carboxylic acids is 1. The third-order valence-corrected chi connectivity index (χ3v) is 5.18. The van der Waals surface area contributed by atoms with Crippen LogP contribution in [0.2, 0.25) is 0 Å². The molecule has 140 valence electrons. The fourth-order valence-electron chi connectivity index (χ4n) is 3.73. The van der Waals surface area contributed by atoms with Crippen LogP contribution in [0, 0.1) is 5.92 Å². The number of hydrogen-bond donors (Lipinski definition) is 3. The first-order valence-corrected chi connectivity index (χ1v) is 9.31. The third kappa shape index (κ3) is 4.43. The zero-order valence-corrected chi connectivity index (χ0v) is 15.1. The first-order valence-electron chi connectivity index (χ1n) is 9.31. The number of piperidine rings is 1. The lowest BCUT2D eigenvalue weighted by Gasteiger charge is -2.23. The lowest BCUT2D eigenvalue weighted by molar-refractivity contribution is -0.142. The Morgan fingerprint density at radius 2 is 2.15 bits per heavy atom. The van der Waals surface area contributed by atoms with E-state index in [1.165, 1.54) is 0 Å². The topological polar surface area (TPSA) is 117 Å². The minimum absolute atomic E-state index is 0.297. The number of aromatic nitrogens is 5. The molecule has 3 N–H and O–H groups in total. The molecule has 8 heteroatoms. The van der Waals surface area contributed by atoms with Crippen LogP contribution in [0.4, 0.5) is 0 Å². The van der Waals surface area contributed by atoms with Crippen LogP contribution in [0.15, 0.2) is 18.3 Å². The molecule has 0 aliphatic carbocycles. The summed E-state index contributed by atoms with van der Waals surface area (Å²) in [6.45, 7) is 4.05. The first kappa shape index (κ1) is 18.4. The SMILES string of the molecule is CCCC(C(=O)O)[C@H](Cc1ccc(C2CCNCC2)nc1)c1nnn[nH]1. The molecule has 1 saturated heterocycles. The number of tetrazole rings is 1. The molecule has 8 nitrogen and oxygen atoms in total. The second kappa shape index (κ2) is 8.84. The van der Waals surface area contributed by atoms with Gasteiger partial charge in [-0.05, 0) is 60.8 Å². The second-order valence-corrected chi connectivity index (χ2v) is 6.95. The van der Waals surface area contributed by atoms with Gasteiger partial charge in [-0.15, -0.1) is 5.10 Å². The normalized spacial score (nSPS) is 17.7. The van der Waals surface area contributed by atoms with Gasteiger partial charge in [-0.25, -0.2) is 5.10 Å². The van der Waals surface area contributed by atoms with E-state index in [-0.39, 0.29) is 5.92 Å². The summed E-state index contributed by atoms with van der Waals surface area (Å²) in [5.41, 5.74) is 2.13. The standard InChI is InChI=1S/C18H26N6O2/c1-2-3-14(18(25)26)15(17-21-23-24-22-17)10-12-4-5-16(20-11-12)13-6-8-19-9-7-13/h4-5,11,13-15,19H,2-3,6-10H2,1H3,(H,25,26)(H,21,22,23,24)/t14?,15-/m0/s1. The van der Waals surface area contributed by atoms with Crippen LogP contribution in [0.3, 0.4) is 0 Å². The Kier molecular flexibility index (Phi) is 6.27. The fourth-order valence-corrected chi connectivity index (χ4v) is 3.73. The average Bonchev–Trinajstić information content (AvgIpc) is 3.20. The predicted octanol–water partition coefficient (Wildman–Crippen LogP) is 1.89. The fraction of sp³-hybridized carbons (Fsp3) is 0.611. The Bertz CT molecular complexity index is 682. The van der Waals surface area contributed by atoms with Gasteiger partial charge in [0.2, 0.25) is 0 Å². The van der Waals surface area contributed by atoms with Crippen molar-refractivity contribution in [2.75, 3.05) is 13.1 Å². The van der Waals surface area contributed by atoms with E-state index in [1.807, 2.05) is 13.1 Å². The van der Waals surface area contributed by atoms with Crippen molar-refractivity contribution in [3.63, 3.8) is 0 Å². The number of pyridine rings is 1. The van der Waals surface area contributed by atoms with E-state index >= 15 is 0 Å². The van der Waals surface area contributed by atoms with Crippen molar-refractivity contribution >= 4 is 5.97 Å². The van der Waals surface area contributed by atoms with Crippen molar-refractivity contribution in [1.29, 1.82) is 0 Å². The Hall–Kier alpha value is -2.35. The lowest BCUT2D eigenvalue weighted by atomic mass is 9.83. The summed E-state index contributed by atoms with van der Waals surface area (Å²) in [6.07, 6.45) is 6.02. The maximum atomic E-state index is 11.8. The van der Waals surface area contributed by atoms with Crippen molar-refractivity contribution < 1.29 is 9.90 Å². The van der Waals surface area contributed by atoms with E-state index in [0.717, 1.165) is 43.6 Å². The predicted molar refractivity (Wildman–Crippen MR) is 95.7 cm³/mol. The van der Waals surface area contributed by atoms with Crippen molar-refractivity contribution in [2.45, 2.75) is 50.9 Å². The Balaban J connectivity index is 1.77. The van der Waals surface area contributed by atoms with Crippen LogP contribution in [0.5, 0.6) is 0 Å². The molecule has 0 bridgehead atoms. The number of hydrogen-bond acceptors (Lipinski definition) is 6. The molecule has 1 unspecified atom stereocenters. The van der Waals surface area contributed by atoms with Gasteiger partial charge in [-0.3, -0.25) is 9.78 Å². The van der Waals surface area contributed by atoms with Crippen LogP contribution < -0.4 is 5.32 Å². The zero-order chi connectivity index (χ0) is 18.4. The van der Waals surface area contributed by atoms with Crippen LogP contribution in [-0.2, 0) is 11.2 Å². The number of H-pyrrole nitrogens is 1. The van der Waals surface area contributed by atoms with E-state index in [4.69, 9.17) is 0 Å². The molecule has 3 rings (SSSR count). The van der Waals surface area contributed by atoms with Gasteiger partial charge in [0.1, 0.15) is 0 Å². The van der Waals surface area contributed by atoms with Gasteiger partial charge in [0.25, 0.3) is 0 Å². The Morgan fingerprint density at radius 3 is 2.73 bits per heavy atom. The summed E-state index contributed by atoms with van der Waals surface area (Å²) >= 11 is 0.